The predicted molar refractivity (Wildman–Crippen MR) is 196 cm³/mol. The second-order valence-corrected chi connectivity index (χ2v) is 19.2. The Balaban J connectivity index is 0.000000223. The van der Waals surface area contributed by atoms with Crippen molar-refractivity contribution in [2.24, 2.45) is 17.8 Å². The molecule has 2 saturated heterocycles. The zero-order chi connectivity index (χ0) is 35.8. The second kappa shape index (κ2) is 17.0. The molecule has 0 aromatic heterocycles. The van der Waals surface area contributed by atoms with Gasteiger partial charge in [0.1, 0.15) is 11.5 Å². The fraction of sp³-hybridized carbons (Fsp3) is 0.500. The number of aliphatic hydroxyl groups is 1. The Labute approximate surface area is 294 Å². The molecule has 0 bridgehead atoms. The van der Waals surface area contributed by atoms with Gasteiger partial charge in [0, 0.05) is 25.0 Å². The van der Waals surface area contributed by atoms with Gasteiger partial charge >= 0.3 is 0 Å². The Bertz CT molecular complexity index is 1480. The van der Waals surface area contributed by atoms with Crippen LogP contribution in [0.2, 0.25) is 18.1 Å². The number of methoxy groups -OCH3 is 4. The van der Waals surface area contributed by atoms with Gasteiger partial charge in [0.15, 0.2) is 19.8 Å². The van der Waals surface area contributed by atoms with Crippen LogP contribution in [0.15, 0.2) is 78.9 Å². The zero-order valence-electron chi connectivity index (χ0n) is 30.8. The maximum Gasteiger partial charge on any atom is 0.192 e. The molecule has 3 aromatic carbocycles. The van der Waals surface area contributed by atoms with E-state index in [0.29, 0.717) is 25.6 Å². The normalized spacial score (nSPS) is 22.3. The Morgan fingerprint density at radius 2 is 1.35 bits per heavy atom. The minimum Gasteiger partial charge on any atom is -0.497 e. The number of aliphatic hydroxyl groups excluding tert-OH is 1. The molecule has 0 aliphatic carbocycles. The summed E-state index contributed by atoms with van der Waals surface area (Å²) in [5.74, 6) is 3.62. The first-order valence-corrected chi connectivity index (χ1v) is 19.9. The summed E-state index contributed by atoms with van der Waals surface area (Å²) in [6, 6.07) is 21.9. The van der Waals surface area contributed by atoms with Crippen molar-refractivity contribution < 1.29 is 38.0 Å². The van der Waals surface area contributed by atoms with Crippen LogP contribution < -0.4 is 18.9 Å². The Morgan fingerprint density at radius 1 is 0.776 bits per heavy atom. The van der Waals surface area contributed by atoms with Crippen molar-refractivity contribution in [3.8, 4) is 23.0 Å². The molecule has 2 aliphatic rings. The average molecular weight is 693 g/mol. The molecular formula is C40H56O8Si. The van der Waals surface area contributed by atoms with Crippen molar-refractivity contribution in [2.45, 2.75) is 57.5 Å². The molecule has 5 rings (SSSR count). The lowest BCUT2D eigenvalue weighted by atomic mass is 9.84. The van der Waals surface area contributed by atoms with E-state index in [1.54, 1.807) is 28.4 Å². The van der Waals surface area contributed by atoms with Gasteiger partial charge in [-0.25, -0.2) is 0 Å². The van der Waals surface area contributed by atoms with E-state index < -0.39 is 8.32 Å². The molecule has 0 saturated carbocycles. The molecule has 2 aliphatic heterocycles. The summed E-state index contributed by atoms with van der Waals surface area (Å²) >= 11 is 0. The molecule has 0 unspecified atom stereocenters. The third-order valence-corrected chi connectivity index (χ3v) is 14.8. The molecule has 9 heteroatoms. The van der Waals surface area contributed by atoms with Crippen LogP contribution in [0.5, 0.6) is 23.0 Å². The summed E-state index contributed by atoms with van der Waals surface area (Å²) in [7, 11) is 4.83. The van der Waals surface area contributed by atoms with Crippen LogP contribution in [-0.2, 0) is 20.3 Å². The lowest BCUT2D eigenvalue weighted by Gasteiger charge is -2.37. The predicted octanol–water partition coefficient (Wildman–Crippen LogP) is 8.21. The minimum absolute atomic E-state index is 0.0261. The van der Waals surface area contributed by atoms with Gasteiger partial charge in [0.05, 0.1) is 53.9 Å². The molecular weight excluding hydrogens is 637 g/mol. The Kier molecular flexibility index (Phi) is 13.4. The maximum atomic E-state index is 9.98. The summed E-state index contributed by atoms with van der Waals surface area (Å²) in [5.41, 5.74) is 4.50. The largest absolute Gasteiger partial charge is 0.497 e. The number of ether oxygens (including phenoxy) is 6. The molecule has 1 N–H and O–H groups in total. The van der Waals surface area contributed by atoms with E-state index in [1.807, 2.05) is 54.6 Å². The summed E-state index contributed by atoms with van der Waals surface area (Å²) < 4.78 is 39.6. The quantitative estimate of drug-likeness (QED) is 0.150. The third-order valence-electron chi connectivity index (χ3n) is 10.3. The van der Waals surface area contributed by atoms with Gasteiger partial charge in [-0.1, -0.05) is 57.7 Å². The monoisotopic (exact) mass is 692 g/mol. The van der Waals surface area contributed by atoms with Crippen molar-refractivity contribution in [3.05, 3.63) is 95.6 Å². The van der Waals surface area contributed by atoms with Crippen LogP contribution in [0.25, 0.3) is 0 Å². The van der Waals surface area contributed by atoms with Gasteiger partial charge in [0.25, 0.3) is 0 Å². The number of hydrogen-bond acceptors (Lipinski definition) is 8. The third kappa shape index (κ3) is 9.46. The van der Waals surface area contributed by atoms with E-state index in [0.717, 1.165) is 45.9 Å². The summed E-state index contributed by atoms with van der Waals surface area (Å²) in [6.07, 6.45) is 0.743. The molecule has 8 nitrogen and oxygen atoms in total. The summed E-state index contributed by atoms with van der Waals surface area (Å²) in [4.78, 5) is 0. The smallest absolute Gasteiger partial charge is 0.192 e. The molecule has 5 atom stereocenters. The first kappa shape index (κ1) is 38.5. The van der Waals surface area contributed by atoms with Crippen molar-refractivity contribution in [1.82, 2.24) is 0 Å². The molecule has 0 radical (unpaired) electrons. The Morgan fingerprint density at radius 3 is 1.86 bits per heavy atom. The van der Waals surface area contributed by atoms with Crippen LogP contribution in [0, 0.1) is 17.8 Å². The second-order valence-electron chi connectivity index (χ2n) is 14.4. The van der Waals surface area contributed by atoms with E-state index >= 15 is 0 Å². The highest BCUT2D eigenvalue weighted by atomic mass is 28.4. The number of hydrogen-bond donors (Lipinski definition) is 1. The Hall–Kier alpha value is -3.34. The average Bonchev–Trinajstić information content (AvgIpc) is 3.69. The number of rotatable bonds is 12. The van der Waals surface area contributed by atoms with Crippen molar-refractivity contribution in [1.29, 1.82) is 0 Å². The molecule has 2 heterocycles. The van der Waals surface area contributed by atoms with Gasteiger partial charge in [-0.05, 0) is 89.1 Å². The first-order chi connectivity index (χ1) is 23.3. The molecule has 49 heavy (non-hydrogen) atoms. The highest BCUT2D eigenvalue weighted by Crippen LogP contribution is 2.43. The standard InChI is InChI=1S/C21H26O5.C19H30O3Si/c1-23-17-7-5-15(6-8-17)21-18(12-22)16(13-26-21)10-14-4-9-19(24-2)20(11-14)25-3;1-14-12-21-18(15-8-10-16(20-5)11-9-15)17(14)13-22-23(6,7)19(2,3)4/h4-9,11,16,18,21-22H,10,12-13H2,1-3H3;8-11,17-18H,1,12-13H2,2-7H3/t16-,18-,21+;17-,18+/m00/s1. The molecule has 0 spiro atoms. The fourth-order valence-corrected chi connectivity index (χ4v) is 7.13. The zero-order valence-corrected chi connectivity index (χ0v) is 31.8. The van der Waals surface area contributed by atoms with Crippen LogP contribution >= 0.6 is 0 Å². The summed E-state index contributed by atoms with van der Waals surface area (Å²) in [6.45, 7) is 17.6. The van der Waals surface area contributed by atoms with Crippen LogP contribution in [0.3, 0.4) is 0 Å². The van der Waals surface area contributed by atoms with Crippen LogP contribution in [-0.4, -0.2) is 68.3 Å². The minimum atomic E-state index is -1.76. The van der Waals surface area contributed by atoms with Gasteiger partial charge in [0.2, 0.25) is 0 Å². The lowest BCUT2D eigenvalue weighted by Crippen LogP contribution is -2.42. The van der Waals surface area contributed by atoms with Gasteiger partial charge < -0.3 is 38.0 Å². The van der Waals surface area contributed by atoms with E-state index in [-0.39, 0.29) is 41.6 Å². The van der Waals surface area contributed by atoms with Gasteiger partial charge in [-0.15, -0.1) is 0 Å². The topological polar surface area (TPSA) is 84.8 Å². The van der Waals surface area contributed by atoms with E-state index in [9.17, 15) is 5.11 Å². The number of benzene rings is 3. The van der Waals surface area contributed by atoms with Crippen molar-refractivity contribution >= 4 is 8.32 Å². The molecule has 2 fully saturated rings. The highest BCUT2D eigenvalue weighted by molar-refractivity contribution is 6.74. The van der Waals surface area contributed by atoms with Gasteiger partial charge in [-0.3, -0.25) is 0 Å². The first-order valence-electron chi connectivity index (χ1n) is 17.0. The SMILES string of the molecule is C=C1CO[C@H](c2ccc(OC)cc2)[C@H]1CO[Si](C)(C)C(C)(C)C.COc1ccc([C@H]2OC[C@H](Cc3ccc(OC)c(OC)c3)[C@@H]2CO)cc1. The molecule has 268 valence electrons. The van der Waals surface area contributed by atoms with Crippen LogP contribution in [0.4, 0.5) is 0 Å². The van der Waals surface area contributed by atoms with E-state index in [4.69, 9.17) is 32.8 Å². The summed E-state index contributed by atoms with van der Waals surface area (Å²) in [5, 5.41) is 10.2. The van der Waals surface area contributed by atoms with Gasteiger partial charge in [-0.2, -0.15) is 0 Å². The van der Waals surface area contributed by atoms with E-state index in [1.165, 1.54) is 0 Å². The van der Waals surface area contributed by atoms with E-state index in [2.05, 4.69) is 52.6 Å². The van der Waals surface area contributed by atoms with Crippen molar-refractivity contribution in [2.75, 3.05) is 54.9 Å². The lowest BCUT2D eigenvalue weighted by molar-refractivity contribution is 0.0718. The van der Waals surface area contributed by atoms with Crippen LogP contribution in [0.1, 0.15) is 49.7 Å². The molecule has 3 aromatic rings. The van der Waals surface area contributed by atoms with Crippen molar-refractivity contribution in [3.63, 3.8) is 0 Å². The fourth-order valence-electron chi connectivity index (χ4n) is 6.10. The highest BCUT2D eigenvalue weighted by Gasteiger charge is 2.40. The maximum absolute atomic E-state index is 9.98. The molecule has 0 amide bonds.